The monoisotopic (exact) mass is 473 g/mol. The van der Waals surface area contributed by atoms with Crippen LogP contribution in [0.15, 0.2) is 23.5 Å². The zero-order valence-electron chi connectivity index (χ0n) is 19.8. The van der Waals surface area contributed by atoms with Crippen LogP contribution >= 0.6 is 0 Å². The van der Waals surface area contributed by atoms with Gasteiger partial charge in [0.05, 0.1) is 12.2 Å². The molecule has 34 heavy (non-hydrogen) atoms. The second-order valence-corrected chi connectivity index (χ2v) is 9.75. The van der Waals surface area contributed by atoms with Crippen molar-refractivity contribution in [2.45, 2.75) is 70.8 Å². The highest BCUT2D eigenvalue weighted by atomic mass is 16.3. The fourth-order valence-electron chi connectivity index (χ4n) is 5.58. The number of fused-ring (bicyclic) bond motifs is 1. The molecule has 6 N–H and O–H groups in total. The number of amides is 1. The lowest BCUT2D eigenvalue weighted by atomic mass is 9.67. The number of ketones is 2. The molecule has 0 fully saturated rings. The molecule has 0 spiro atoms. The Morgan fingerprint density at radius 3 is 2.41 bits per heavy atom. The summed E-state index contributed by atoms with van der Waals surface area (Å²) in [5.74, 6) is -3.61. The Labute approximate surface area is 199 Å². The van der Waals surface area contributed by atoms with E-state index in [1.165, 1.54) is 0 Å². The highest BCUT2D eigenvalue weighted by Gasteiger charge is 2.51. The molecule has 8 nitrogen and oxygen atoms in total. The predicted molar refractivity (Wildman–Crippen MR) is 125 cm³/mol. The first-order valence-corrected chi connectivity index (χ1v) is 12.0. The Kier molecular flexibility index (Phi) is 7.83. The highest BCUT2D eigenvalue weighted by molar-refractivity contribution is 6.22. The predicted octanol–water partition coefficient (Wildman–Crippen LogP) is 2.51. The second-order valence-electron chi connectivity index (χ2n) is 9.75. The van der Waals surface area contributed by atoms with Crippen molar-refractivity contribution in [1.82, 2.24) is 0 Å². The lowest BCUT2D eigenvalue weighted by molar-refractivity contribution is -0.150. The van der Waals surface area contributed by atoms with Crippen molar-refractivity contribution in [3.63, 3.8) is 0 Å². The number of primary amides is 1. The maximum absolute atomic E-state index is 13.0. The summed E-state index contributed by atoms with van der Waals surface area (Å²) in [6.07, 6.45) is 4.42. The van der Waals surface area contributed by atoms with Gasteiger partial charge in [-0.25, -0.2) is 0 Å². The van der Waals surface area contributed by atoms with Crippen molar-refractivity contribution < 1.29 is 34.8 Å². The largest absolute Gasteiger partial charge is 0.511 e. The molecular weight excluding hydrogens is 438 g/mol. The number of hydrogen-bond donors (Lipinski definition) is 5. The normalized spacial score (nSPS) is 25.1. The lowest BCUT2D eigenvalue weighted by Gasteiger charge is -2.39. The van der Waals surface area contributed by atoms with Crippen molar-refractivity contribution in [3.05, 3.63) is 40.2 Å². The van der Waals surface area contributed by atoms with Crippen LogP contribution in [0.25, 0.3) is 0 Å². The van der Waals surface area contributed by atoms with E-state index in [2.05, 4.69) is 13.8 Å². The molecular formula is C26H35NO7. The Balaban J connectivity index is 1.89. The lowest BCUT2D eigenvalue weighted by Crippen LogP contribution is -2.55. The number of aliphatic hydroxyl groups is 3. The van der Waals surface area contributed by atoms with Gasteiger partial charge < -0.3 is 26.2 Å². The van der Waals surface area contributed by atoms with Gasteiger partial charge in [-0.3, -0.25) is 14.4 Å². The van der Waals surface area contributed by atoms with E-state index in [4.69, 9.17) is 5.73 Å². The van der Waals surface area contributed by atoms with Gasteiger partial charge in [-0.2, -0.15) is 0 Å². The summed E-state index contributed by atoms with van der Waals surface area (Å²) in [5, 5.41) is 41.4. The van der Waals surface area contributed by atoms with E-state index >= 15 is 0 Å². The quantitative estimate of drug-likeness (QED) is 0.345. The Morgan fingerprint density at radius 1 is 1.15 bits per heavy atom. The molecule has 0 saturated carbocycles. The number of aromatic hydroxyl groups is 1. The highest BCUT2D eigenvalue weighted by Crippen LogP contribution is 2.42. The number of carbonyl (C=O) groups excluding carboxylic acids is 3. The fourth-order valence-corrected chi connectivity index (χ4v) is 5.58. The molecule has 2 aliphatic rings. The van der Waals surface area contributed by atoms with Gasteiger partial charge in [-0.15, -0.1) is 0 Å². The first kappa shape index (κ1) is 25.9. The van der Waals surface area contributed by atoms with Crippen LogP contribution in [0.2, 0.25) is 0 Å². The van der Waals surface area contributed by atoms with Crippen LogP contribution in [0.4, 0.5) is 0 Å². The van der Waals surface area contributed by atoms with Gasteiger partial charge >= 0.3 is 0 Å². The second kappa shape index (κ2) is 10.3. The van der Waals surface area contributed by atoms with Gasteiger partial charge in [0, 0.05) is 18.8 Å². The van der Waals surface area contributed by atoms with E-state index in [1.807, 2.05) is 6.07 Å². The molecule has 0 saturated heterocycles. The molecule has 0 aliphatic heterocycles. The maximum atomic E-state index is 13.0. The molecule has 1 amide bonds. The SMILES string of the molecule is CCC(CC)CCc1ccc(O)c2c1C[C@@H](C[C@H]1CC(O)=C(C(N)=O)C(=O)[C@@]1(O)CO)CC2=O. The van der Waals surface area contributed by atoms with Crippen LogP contribution in [0.1, 0.15) is 73.9 Å². The molecule has 186 valence electrons. The maximum Gasteiger partial charge on any atom is 0.255 e. The number of benzene rings is 1. The van der Waals surface area contributed by atoms with E-state index in [1.54, 1.807) is 6.07 Å². The smallest absolute Gasteiger partial charge is 0.255 e. The minimum Gasteiger partial charge on any atom is -0.511 e. The number of aliphatic hydroxyl groups excluding tert-OH is 2. The molecule has 1 aromatic rings. The van der Waals surface area contributed by atoms with E-state index in [0.29, 0.717) is 17.9 Å². The molecule has 0 radical (unpaired) electrons. The average Bonchev–Trinajstić information content (AvgIpc) is 2.78. The van der Waals surface area contributed by atoms with Crippen molar-refractivity contribution in [3.8, 4) is 5.75 Å². The topological polar surface area (TPSA) is 158 Å². The number of aryl methyl sites for hydroxylation is 1. The average molecular weight is 474 g/mol. The standard InChI is InChI=1S/C26H35NO7/c1-3-14(4-2)5-6-16-7-8-19(29)22-18(16)10-15(11-20(22)30)9-17-12-21(31)23(25(27)33)24(32)26(17,34)13-28/h7-8,14-15,17,28-29,31,34H,3-6,9-13H2,1-2H3,(H2,27,33)/t15-,17+,26-/m1/s1. The summed E-state index contributed by atoms with van der Waals surface area (Å²) in [6, 6.07) is 3.42. The van der Waals surface area contributed by atoms with Crippen LogP contribution < -0.4 is 5.73 Å². The Morgan fingerprint density at radius 2 is 1.82 bits per heavy atom. The molecule has 3 atom stereocenters. The molecule has 0 unspecified atom stereocenters. The van der Waals surface area contributed by atoms with Gasteiger partial charge in [-0.1, -0.05) is 32.8 Å². The summed E-state index contributed by atoms with van der Waals surface area (Å²) in [5.41, 5.74) is 4.37. The Hall–Kier alpha value is -2.71. The number of Topliss-reactive ketones (excluding diaryl/α,β-unsaturated/α-hetero) is 2. The van der Waals surface area contributed by atoms with Crippen LogP contribution in [-0.4, -0.2) is 50.1 Å². The molecule has 0 bridgehead atoms. The number of carbonyl (C=O) groups is 3. The molecule has 0 aromatic heterocycles. The third-order valence-electron chi connectivity index (χ3n) is 7.74. The van der Waals surface area contributed by atoms with E-state index in [-0.39, 0.29) is 36.7 Å². The summed E-state index contributed by atoms with van der Waals surface area (Å²) < 4.78 is 0. The van der Waals surface area contributed by atoms with Crippen molar-refractivity contribution in [1.29, 1.82) is 0 Å². The molecule has 1 aromatic carbocycles. The van der Waals surface area contributed by atoms with Gasteiger partial charge in [0.15, 0.2) is 11.4 Å². The molecule has 0 heterocycles. The van der Waals surface area contributed by atoms with Crippen LogP contribution in [-0.2, 0) is 22.4 Å². The van der Waals surface area contributed by atoms with E-state index in [9.17, 15) is 34.8 Å². The third-order valence-corrected chi connectivity index (χ3v) is 7.74. The van der Waals surface area contributed by atoms with Crippen molar-refractivity contribution in [2.24, 2.45) is 23.5 Å². The van der Waals surface area contributed by atoms with Gasteiger partial charge in [-0.05, 0) is 54.7 Å². The summed E-state index contributed by atoms with van der Waals surface area (Å²) in [7, 11) is 0. The zero-order chi connectivity index (χ0) is 25.2. The van der Waals surface area contributed by atoms with Gasteiger partial charge in [0.2, 0.25) is 5.78 Å². The van der Waals surface area contributed by atoms with Gasteiger partial charge in [0.25, 0.3) is 5.91 Å². The van der Waals surface area contributed by atoms with Crippen LogP contribution in [0.3, 0.4) is 0 Å². The fraction of sp³-hybridized carbons (Fsp3) is 0.577. The molecule has 8 heteroatoms. The number of phenolic OH excluding ortho intramolecular Hbond substituents is 1. The number of phenols is 1. The van der Waals surface area contributed by atoms with Crippen molar-refractivity contribution in [2.75, 3.05) is 6.61 Å². The third kappa shape index (κ3) is 4.74. The van der Waals surface area contributed by atoms with Crippen LogP contribution in [0.5, 0.6) is 5.75 Å². The van der Waals surface area contributed by atoms with Gasteiger partial charge in [0.1, 0.15) is 17.1 Å². The zero-order valence-corrected chi connectivity index (χ0v) is 19.8. The number of rotatable bonds is 9. The number of allylic oxidation sites excluding steroid dienone is 1. The van der Waals surface area contributed by atoms with Crippen molar-refractivity contribution >= 4 is 17.5 Å². The molecule has 3 rings (SSSR count). The number of hydrogen-bond acceptors (Lipinski definition) is 7. The molecule has 2 aliphatic carbocycles. The van der Waals surface area contributed by atoms with Crippen LogP contribution in [0, 0.1) is 17.8 Å². The minimum absolute atomic E-state index is 0.0453. The van der Waals surface area contributed by atoms with E-state index < -0.39 is 41.1 Å². The Bertz CT molecular complexity index is 1010. The summed E-state index contributed by atoms with van der Waals surface area (Å²) in [6.45, 7) is 3.38. The summed E-state index contributed by atoms with van der Waals surface area (Å²) >= 11 is 0. The first-order chi connectivity index (χ1) is 16.1. The number of nitrogens with two attached hydrogens (primary N) is 1. The first-order valence-electron chi connectivity index (χ1n) is 12.0. The minimum atomic E-state index is -2.27. The van der Waals surface area contributed by atoms with E-state index in [0.717, 1.165) is 36.8 Å². The summed E-state index contributed by atoms with van der Waals surface area (Å²) in [4.78, 5) is 37.3.